The molecule has 0 atom stereocenters. The summed E-state index contributed by atoms with van der Waals surface area (Å²) in [5, 5.41) is 9.50. The van der Waals surface area contributed by atoms with E-state index in [-0.39, 0.29) is 17.7 Å². The van der Waals surface area contributed by atoms with Crippen LogP contribution in [-0.2, 0) is 0 Å². The lowest BCUT2D eigenvalue weighted by molar-refractivity contribution is 0.0694. The summed E-state index contributed by atoms with van der Waals surface area (Å²) in [7, 11) is 0. The van der Waals surface area contributed by atoms with Gasteiger partial charge in [0.1, 0.15) is 5.75 Å². The molecule has 1 fully saturated rings. The van der Waals surface area contributed by atoms with E-state index in [2.05, 4.69) is 0 Å². The van der Waals surface area contributed by atoms with Crippen molar-refractivity contribution in [3.8, 4) is 5.75 Å². The third-order valence-corrected chi connectivity index (χ3v) is 3.79. The van der Waals surface area contributed by atoms with E-state index < -0.39 is 5.97 Å². The highest BCUT2D eigenvalue weighted by atomic mass is 35.5. The zero-order chi connectivity index (χ0) is 14.0. The van der Waals surface area contributed by atoms with Crippen LogP contribution in [-0.4, -0.2) is 23.2 Å². The fraction of sp³-hybridized carbons (Fsp3) is 0.500. The number of hydrogen-bond donors (Lipinski definition) is 2. The minimum absolute atomic E-state index is 0.0959. The molecule has 4 nitrogen and oxygen atoms in total. The third kappa shape index (κ3) is 3.39. The molecule has 1 aliphatic rings. The monoisotopic (exact) mass is 283 g/mol. The second-order valence-corrected chi connectivity index (χ2v) is 5.47. The lowest BCUT2D eigenvalue weighted by Gasteiger charge is -2.27. The van der Waals surface area contributed by atoms with Crippen molar-refractivity contribution >= 4 is 17.6 Å². The zero-order valence-electron chi connectivity index (χ0n) is 10.9. The van der Waals surface area contributed by atoms with Crippen LogP contribution in [0.5, 0.6) is 5.75 Å². The van der Waals surface area contributed by atoms with Gasteiger partial charge in [0.05, 0.1) is 11.7 Å². The van der Waals surface area contributed by atoms with E-state index in [9.17, 15) is 4.79 Å². The number of ether oxygens (including phenoxy) is 1. The Hall–Kier alpha value is -1.26. The molecule has 1 aromatic carbocycles. The molecule has 0 spiro atoms. The molecule has 0 saturated heterocycles. The van der Waals surface area contributed by atoms with Crippen molar-refractivity contribution in [1.29, 1.82) is 0 Å². The van der Waals surface area contributed by atoms with Gasteiger partial charge in [0.2, 0.25) is 0 Å². The standard InChI is InChI=1S/C14H18ClNO3/c1-8-12(14(17)18)6-9(15)7-13(8)19-11-4-2-10(16)3-5-11/h6-7,10-11H,2-5,16H2,1H3,(H,17,18). The molecule has 0 aromatic heterocycles. The Bertz CT molecular complexity index is 482. The van der Waals surface area contributed by atoms with Crippen molar-refractivity contribution in [2.45, 2.75) is 44.8 Å². The summed E-state index contributed by atoms with van der Waals surface area (Å²) >= 11 is 5.94. The number of carboxylic acid groups (broad SMARTS) is 1. The summed E-state index contributed by atoms with van der Waals surface area (Å²) in [5.41, 5.74) is 6.66. The van der Waals surface area contributed by atoms with Gasteiger partial charge in [-0.25, -0.2) is 4.79 Å². The third-order valence-electron chi connectivity index (χ3n) is 3.57. The second-order valence-electron chi connectivity index (χ2n) is 5.04. The number of halogens is 1. The van der Waals surface area contributed by atoms with E-state index in [1.165, 1.54) is 6.07 Å². The van der Waals surface area contributed by atoms with Crippen LogP contribution in [0.25, 0.3) is 0 Å². The topological polar surface area (TPSA) is 72.5 Å². The Labute approximate surface area is 117 Å². The van der Waals surface area contributed by atoms with Gasteiger partial charge in [0, 0.05) is 16.6 Å². The Morgan fingerprint density at radius 1 is 1.37 bits per heavy atom. The van der Waals surface area contributed by atoms with E-state index >= 15 is 0 Å². The molecule has 1 aromatic rings. The summed E-state index contributed by atoms with van der Waals surface area (Å²) in [5.74, 6) is -0.430. The van der Waals surface area contributed by atoms with Crippen LogP contribution in [0, 0.1) is 6.92 Å². The van der Waals surface area contributed by atoms with Gasteiger partial charge in [-0.05, 0) is 44.7 Å². The summed E-state index contributed by atoms with van der Waals surface area (Å²) in [6.07, 6.45) is 3.77. The highest BCUT2D eigenvalue weighted by molar-refractivity contribution is 6.31. The molecule has 0 aliphatic heterocycles. The first-order valence-electron chi connectivity index (χ1n) is 6.43. The van der Waals surface area contributed by atoms with Gasteiger partial charge in [-0.1, -0.05) is 11.6 Å². The van der Waals surface area contributed by atoms with Crippen LogP contribution in [0.4, 0.5) is 0 Å². The minimum atomic E-state index is -0.990. The maximum absolute atomic E-state index is 11.1. The zero-order valence-corrected chi connectivity index (χ0v) is 11.6. The quantitative estimate of drug-likeness (QED) is 0.894. The van der Waals surface area contributed by atoms with Crippen LogP contribution in [0.1, 0.15) is 41.6 Å². The second kappa shape index (κ2) is 5.80. The number of hydrogen-bond acceptors (Lipinski definition) is 3. The van der Waals surface area contributed by atoms with Crippen LogP contribution in [0.15, 0.2) is 12.1 Å². The van der Waals surface area contributed by atoms with E-state index in [1.54, 1.807) is 13.0 Å². The lowest BCUT2D eigenvalue weighted by Crippen LogP contribution is -2.31. The SMILES string of the molecule is Cc1c(OC2CCC(N)CC2)cc(Cl)cc1C(=O)O. The van der Waals surface area contributed by atoms with Gasteiger partial charge >= 0.3 is 5.97 Å². The molecular formula is C14H18ClNO3. The summed E-state index contributed by atoms with van der Waals surface area (Å²) < 4.78 is 5.90. The van der Waals surface area contributed by atoms with Crippen molar-refractivity contribution < 1.29 is 14.6 Å². The number of carbonyl (C=O) groups is 1. The van der Waals surface area contributed by atoms with Crippen molar-refractivity contribution in [2.24, 2.45) is 5.73 Å². The summed E-state index contributed by atoms with van der Waals surface area (Å²) in [6.45, 7) is 1.74. The van der Waals surface area contributed by atoms with Crippen molar-refractivity contribution in [2.75, 3.05) is 0 Å². The predicted molar refractivity (Wildman–Crippen MR) is 74.0 cm³/mol. The Morgan fingerprint density at radius 3 is 2.58 bits per heavy atom. The van der Waals surface area contributed by atoms with E-state index in [0.717, 1.165) is 25.7 Å². The molecule has 104 valence electrons. The first kappa shape index (κ1) is 14.2. The first-order valence-corrected chi connectivity index (χ1v) is 6.81. The first-order chi connectivity index (χ1) is 8.97. The summed E-state index contributed by atoms with van der Waals surface area (Å²) in [4.78, 5) is 11.1. The molecule has 5 heteroatoms. The normalized spacial score (nSPS) is 23.1. The average Bonchev–Trinajstić information content (AvgIpc) is 2.35. The van der Waals surface area contributed by atoms with Gasteiger partial charge in [0.25, 0.3) is 0 Å². The molecule has 19 heavy (non-hydrogen) atoms. The van der Waals surface area contributed by atoms with Crippen LogP contribution >= 0.6 is 11.6 Å². The van der Waals surface area contributed by atoms with Gasteiger partial charge in [0.15, 0.2) is 0 Å². The molecule has 0 heterocycles. The van der Waals surface area contributed by atoms with E-state index in [0.29, 0.717) is 16.3 Å². The fourth-order valence-corrected chi connectivity index (χ4v) is 2.59. The maximum atomic E-state index is 11.1. The molecule has 0 amide bonds. The van der Waals surface area contributed by atoms with Crippen LogP contribution in [0.2, 0.25) is 5.02 Å². The van der Waals surface area contributed by atoms with Gasteiger partial charge in [-0.2, -0.15) is 0 Å². The number of nitrogens with two attached hydrogens (primary N) is 1. The molecule has 1 saturated carbocycles. The van der Waals surface area contributed by atoms with Crippen LogP contribution in [0.3, 0.4) is 0 Å². The Balaban J connectivity index is 2.18. The largest absolute Gasteiger partial charge is 0.490 e. The Morgan fingerprint density at radius 2 is 2.00 bits per heavy atom. The molecule has 0 bridgehead atoms. The van der Waals surface area contributed by atoms with Crippen LogP contribution < -0.4 is 10.5 Å². The number of carboxylic acids is 1. The predicted octanol–water partition coefficient (Wildman–Crippen LogP) is 3.00. The molecule has 0 unspecified atom stereocenters. The fourth-order valence-electron chi connectivity index (χ4n) is 2.38. The van der Waals surface area contributed by atoms with Gasteiger partial charge in [-0.3, -0.25) is 0 Å². The molecule has 3 N–H and O–H groups in total. The van der Waals surface area contributed by atoms with E-state index in [4.69, 9.17) is 27.2 Å². The minimum Gasteiger partial charge on any atom is -0.490 e. The van der Waals surface area contributed by atoms with Crippen molar-refractivity contribution in [3.05, 3.63) is 28.3 Å². The highest BCUT2D eigenvalue weighted by Gasteiger charge is 2.22. The molecule has 2 rings (SSSR count). The number of aromatic carboxylic acids is 1. The van der Waals surface area contributed by atoms with Crippen molar-refractivity contribution in [3.63, 3.8) is 0 Å². The Kier molecular flexibility index (Phi) is 4.32. The average molecular weight is 284 g/mol. The molecule has 1 aliphatic carbocycles. The lowest BCUT2D eigenvalue weighted by atomic mass is 9.93. The van der Waals surface area contributed by atoms with E-state index in [1.807, 2.05) is 0 Å². The highest BCUT2D eigenvalue weighted by Crippen LogP contribution is 2.30. The number of benzene rings is 1. The maximum Gasteiger partial charge on any atom is 0.336 e. The summed E-state index contributed by atoms with van der Waals surface area (Å²) in [6, 6.07) is 3.38. The van der Waals surface area contributed by atoms with Gasteiger partial charge < -0.3 is 15.6 Å². The van der Waals surface area contributed by atoms with Crippen molar-refractivity contribution in [1.82, 2.24) is 0 Å². The molecule has 0 radical (unpaired) electrons. The smallest absolute Gasteiger partial charge is 0.336 e. The number of rotatable bonds is 3. The van der Waals surface area contributed by atoms with Gasteiger partial charge in [-0.15, -0.1) is 0 Å². The molecular weight excluding hydrogens is 266 g/mol.